The molecule has 1 aromatic rings. The molecule has 1 heterocycles. The van der Waals surface area contributed by atoms with Gasteiger partial charge in [0.15, 0.2) is 0 Å². The molecule has 0 fully saturated rings. The molecule has 3 heteroatoms. The molecule has 0 saturated carbocycles. The summed E-state index contributed by atoms with van der Waals surface area (Å²) < 4.78 is 0. The monoisotopic (exact) mass is 194 g/mol. The molecule has 0 aliphatic heterocycles. The molecule has 0 saturated heterocycles. The van der Waals surface area contributed by atoms with E-state index in [1.807, 2.05) is 13.8 Å². The van der Waals surface area contributed by atoms with Crippen molar-refractivity contribution in [3.63, 3.8) is 0 Å². The number of anilines is 1. The molecule has 2 N–H and O–H groups in total. The van der Waals surface area contributed by atoms with Gasteiger partial charge in [-0.25, -0.2) is 4.98 Å². The fourth-order valence-electron chi connectivity index (χ4n) is 0.771. The van der Waals surface area contributed by atoms with Gasteiger partial charge in [-0.1, -0.05) is 37.3 Å². The zero-order chi connectivity index (χ0) is 9.84. The minimum Gasteiger partial charge on any atom is -0.398 e. The van der Waals surface area contributed by atoms with E-state index in [0.29, 0.717) is 16.8 Å². The third kappa shape index (κ3) is 2.96. The lowest BCUT2D eigenvalue weighted by molar-refractivity contribution is 0.866. The van der Waals surface area contributed by atoms with Crippen molar-refractivity contribution in [2.75, 3.05) is 5.73 Å². The number of hydrogen-bond acceptors (Lipinski definition) is 2. The van der Waals surface area contributed by atoms with Crippen LogP contribution in [0.1, 0.15) is 19.4 Å². The maximum atomic E-state index is 5.68. The van der Waals surface area contributed by atoms with E-state index in [0.717, 1.165) is 5.56 Å². The number of nitrogens with zero attached hydrogens (tertiary/aromatic N) is 1. The maximum Gasteiger partial charge on any atom is 0.131 e. The maximum absolute atomic E-state index is 5.68. The summed E-state index contributed by atoms with van der Waals surface area (Å²) in [5, 5.41) is 0.396. The lowest BCUT2D eigenvalue weighted by Gasteiger charge is -1.97. The van der Waals surface area contributed by atoms with E-state index in [1.165, 1.54) is 0 Å². The smallest absolute Gasteiger partial charge is 0.131 e. The van der Waals surface area contributed by atoms with E-state index in [1.54, 1.807) is 12.3 Å². The summed E-state index contributed by atoms with van der Waals surface area (Å²) in [4.78, 5) is 3.90. The highest BCUT2D eigenvalue weighted by Gasteiger charge is 1.96. The Balaban J connectivity index is 2.98. The third-order valence-corrected chi connectivity index (χ3v) is 1.60. The Bertz CT molecular complexity index is 361. The van der Waals surface area contributed by atoms with Crippen LogP contribution in [0.3, 0.4) is 0 Å². The van der Waals surface area contributed by atoms with Gasteiger partial charge in [0.2, 0.25) is 0 Å². The molecule has 0 radical (unpaired) electrons. The number of halogens is 1. The van der Waals surface area contributed by atoms with Crippen LogP contribution in [0.5, 0.6) is 0 Å². The van der Waals surface area contributed by atoms with Gasteiger partial charge < -0.3 is 5.73 Å². The summed E-state index contributed by atoms with van der Waals surface area (Å²) in [5.41, 5.74) is 6.99. The average molecular weight is 195 g/mol. The van der Waals surface area contributed by atoms with Gasteiger partial charge >= 0.3 is 0 Å². The van der Waals surface area contributed by atoms with E-state index in [9.17, 15) is 0 Å². The first-order chi connectivity index (χ1) is 6.09. The molecule has 0 bridgehead atoms. The lowest BCUT2D eigenvalue weighted by Crippen LogP contribution is -1.92. The van der Waals surface area contributed by atoms with E-state index < -0.39 is 0 Å². The molecule has 0 aliphatic carbocycles. The SMILES string of the molecule is CC(C)C#Cc1cnc(Cl)cc1N. The Morgan fingerprint density at radius 2 is 2.23 bits per heavy atom. The minimum atomic E-state index is 0.329. The summed E-state index contributed by atoms with van der Waals surface area (Å²) in [6.45, 7) is 4.04. The molecule has 2 nitrogen and oxygen atoms in total. The Kier molecular flexibility index (Phi) is 3.16. The molecule has 68 valence electrons. The largest absolute Gasteiger partial charge is 0.398 e. The second kappa shape index (κ2) is 4.15. The van der Waals surface area contributed by atoms with Crippen molar-refractivity contribution in [1.82, 2.24) is 4.98 Å². The van der Waals surface area contributed by atoms with Gasteiger partial charge in [-0.05, 0) is 6.07 Å². The molecule has 0 amide bonds. The average Bonchev–Trinajstić information content (AvgIpc) is 2.02. The molecular weight excluding hydrogens is 184 g/mol. The molecular formula is C10H11ClN2. The van der Waals surface area contributed by atoms with Gasteiger partial charge in [0.25, 0.3) is 0 Å². The van der Waals surface area contributed by atoms with Crippen LogP contribution in [0.25, 0.3) is 0 Å². The van der Waals surface area contributed by atoms with E-state index in [-0.39, 0.29) is 0 Å². The summed E-state index contributed by atoms with van der Waals surface area (Å²) >= 11 is 5.64. The zero-order valence-corrected chi connectivity index (χ0v) is 8.39. The standard InChI is InChI=1S/C10H11ClN2/c1-7(2)3-4-8-6-13-10(11)5-9(8)12/h5-7H,1-2H3,(H2,12,13). The van der Waals surface area contributed by atoms with Crippen LogP contribution >= 0.6 is 11.6 Å². The van der Waals surface area contributed by atoms with Gasteiger partial charge in [0, 0.05) is 12.1 Å². The van der Waals surface area contributed by atoms with Crippen molar-refractivity contribution >= 4 is 17.3 Å². The second-order valence-corrected chi connectivity index (χ2v) is 3.41. The Morgan fingerprint density at radius 3 is 2.77 bits per heavy atom. The second-order valence-electron chi connectivity index (χ2n) is 3.02. The van der Waals surface area contributed by atoms with Crippen LogP contribution < -0.4 is 5.73 Å². The first-order valence-corrected chi connectivity index (χ1v) is 4.40. The molecule has 0 aliphatic rings. The van der Waals surface area contributed by atoms with Crippen molar-refractivity contribution < 1.29 is 0 Å². The quantitative estimate of drug-likeness (QED) is 0.509. The van der Waals surface area contributed by atoms with Crippen LogP contribution in [-0.2, 0) is 0 Å². The van der Waals surface area contributed by atoms with Crippen LogP contribution in [0.15, 0.2) is 12.3 Å². The fraction of sp³-hybridized carbons (Fsp3) is 0.300. The molecule has 1 aromatic heterocycles. The van der Waals surface area contributed by atoms with Gasteiger partial charge in [0.1, 0.15) is 5.15 Å². The minimum absolute atomic E-state index is 0.329. The van der Waals surface area contributed by atoms with Gasteiger partial charge in [0.05, 0.1) is 11.3 Å². The first kappa shape index (κ1) is 9.88. The third-order valence-electron chi connectivity index (χ3n) is 1.40. The number of nitrogens with two attached hydrogens (primary N) is 1. The Morgan fingerprint density at radius 1 is 1.54 bits per heavy atom. The predicted molar refractivity (Wildman–Crippen MR) is 55.4 cm³/mol. The molecule has 0 unspecified atom stereocenters. The molecule has 0 spiro atoms. The number of aromatic nitrogens is 1. The van der Waals surface area contributed by atoms with E-state index >= 15 is 0 Å². The highest BCUT2D eigenvalue weighted by molar-refractivity contribution is 6.29. The predicted octanol–water partition coefficient (Wildman–Crippen LogP) is 2.32. The number of hydrogen-bond donors (Lipinski definition) is 1. The summed E-state index contributed by atoms with van der Waals surface area (Å²) in [5.74, 6) is 6.28. The Labute approximate surface area is 83.1 Å². The van der Waals surface area contributed by atoms with Gasteiger partial charge in [-0.2, -0.15) is 0 Å². The van der Waals surface area contributed by atoms with Crippen LogP contribution in [0.4, 0.5) is 5.69 Å². The molecule has 0 atom stereocenters. The molecule has 13 heavy (non-hydrogen) atoms. The van der Waals surface area contributed by atoms with Crippen molar-refractivity contribution in [3.05, 3.63) is 23.0 Å². The number of pyridine rings is 1. The summed E-state index contributed by atoms with van der Waals surface area (Å²) in [6.07, 6.45) is 1.59. The number of nitrogen functional groups attached to an aromatic ring is 1. The van der Waals surface area contributed by atoms with Crippen molar-refractivity contribution in [1.29, 1.82) is 0 Å². The summed E-state index contributed by atoms with van der Waals surface area (Å²) in [7, 11) is 0. The Hall–Kier alpha value is -1.20. The van der Waals surface area contributed by atoms with Crippen LogP contribution in [0.2, 0.25) is 5.15 Å². The van der Waals surface area contributed by atoms with Crippen molar-refractivity contribution in [2.24, 2.45) is 5.92 Å². The first-order valence-electron chi connectivity index (χ1n) is 4.02. The highest BCUT2D eigenvalue weighted by atomic mass is 35.5. The topological polar surface area (TPSA) is 38.9 Å². The van der Waals surface area contributed by atoms with Crippen LogP contribution in [0, 0.1) is 17.8 Å². The molecule has 0 aromatic carbocycles. The van der Waals surface area contributed by atoms with E-state index in [2.05, 4.69) is 16.8 Å². The van der Waals surface area contributed by atoms with Crippen molar-refractivity contribution in [3.8, 4) is 11.8 Å². The zero-order valence-electron chi connectivity index (χ0n) is 7.63. The lowest BCUT2D eigenvalue weighted by atomic mass is 10.2. The highest BCUT2D eigenvalue weighted by Crippen LogP contribution is 2.13. The van der Waals surface area contributed by atoms with Gasteiger partial charge in [-0.3, -0.25) is 0 Å². The van der Waals surface area contributed by atoms with Gasteiger partial charge in [-0.15, -0.1) is 0 Å². The fourth-order valence-corrected chi connectivity index (χ4v) is 0.937. The van der Waals surface area contributed by atoms with E-state index in [4.69, 9.17) is 17.3 Å². The normalized spacial score (nSPS) is 9.54. The van der Waals surface area contributed by atoms with Crippen LogP contribution in [-0.4, -0.2) is 4.98 Å². The number of rotatable bonds is 0. The molecule has 1 rings (SSSR count). The van der Waals surface area contributed by atoms with Crippen molar-refractivity contribution in [2.45, 2.75) is 13.8 Å². The summed E-state index contributed by atoms with van der Waals surface area (Å²) in [6, 6.07) is 1.60.